The molecule has 1 aromatic carbocycles. The Hall–Kier alpha value is -1.41. The molecule has 2 aromatic rings. The van der Waals surface area contributed by atoms with Gasteiger partial charge in [0.05, 0.1) is 11.8 Å². The largest absolute Gasteiger partial charge is 0.336 e. The fourth-order valence-electron chi connectivity index (χ4n) is 2.73. The lowest BCUT2D eigenvalue weighted by Crippen LogP contribution is -2.48. The van der Waals surface area contributed by atoms with E-state index in [2.05, 4.69) is 32.6 Å². The minimum Gasteiger partial charge on any atom is -0.336 e. The summed E-state index contributed by atoms with van der Waals surface area (Å²) in [6.45, 7) is 4.28. The Morgan fingerprint density at radius 1 is 1.23 bits per heavy atom. The van der Waals surface area contributed by atoms with Gasteiger partial charge in [0.2, 0.25) is 0 Å². The van der Waals surface area contributed by atoms with Crippen LogP contribution in [0.5, 0.6) is 0 Å². The van der Waals surface area contributed by atoms with Gasteiger partial charge >= 0.3 is 0 Å². The lowest BCUT2D eigenvalue weighted by molar-refractivity contribution is 0.0627. The van der Waals surface area contributed by atoms with Gasteiger partial charge in [-0.05, 0) is 34.7 Å². The number of halogens is 1. The normalized spacial score (nSPS) is 16.0. The van der Waals surface area contributed by atoms with Crippen LogP contribution in [0, 0.1) is 3.57 Å². The third-order valence-electron chi connectivity index (χ3n) is 3.93. The number of benzene rings is 1. The molecule has 0 spiro atoms. The van der Waals surface area contributed by atoms with Crippen LogP contribution in [-0.4, -0.2) is 51.7 Å². The van der Waals surface area contributed by atoms with E-state index in [4.69, 9.17) is 0 Å². The van der Waals surface area contributed by atoms with Crippen LogP contribution in [0.2, 0.25) is 0 Å². The van der Waals surface area contributed by atoms with Crippen molar-refractivity contribution in [2.75, 3.05) is 26.2 Å². The number of aromatic nitrogens is 2. The molecule has 1 fully saturated rings. The first-order valence-electron chi connectivity index (χ1n) is 7.37. The Kier molecular flexibility index (Phi) is 4.77. The summed E-state index contributed by atoms with van der Waals surface area (Å²) in [6, 6.07) is 7.77. The van der Waals surface area contributed by atoms with Crippen molar-refractivity contribution in [2.45, 2.75) is 6.54 Å². The minimum atomic E-state index is 0.144. The molecule has 3 rings (SSSR count). The SMILES string of the molecule is Cn1cc(CN2CCN(C(=O)c3ccccc3I)CC2)cn1. The summed E-state index contributed by atoms with van der Waals surface area (Å²) in [7, 11) is 1.93. The number of hydrogen-bond acceptors (Lipinski definition) is 3. The number of aryl methyl sites for hydroxylation is 1. The number of carbonyl (C=O) groups is 1. The Morgan fingerprint density at radius 2 is 1.95 bits per heavy atom. The van der Waals surface area contributed by atoms with Crippen molar-refractivity contribution >= 4 is 28.5 Å². The molecule has 22 heavy (non-hydrogen) atoms. The average molecular weight is 410 g/mol. The van der Waals surface area contributed by atoms with E-state index in [0.717, 1.165) is 41.9 Å². The maximum Gasteiger partial charge on any atom is 0.255 e. The molecule has 0 N–H and O–H groups in total. The summed E-state index contributed by atoms with van der Waals surface area (Å²) < 4.78 is 2.84. The van der Waals surface area contributed by atoms with Crippen molar-refractivity contribution in [3.8, 4) is 0 Å². The molecule has 0 unspecified atom stereocenters. The molecule has 0 saturated carbocycles. The molecule has 1 saturated heterocycles. The lowest BCUT2D eigenvalue weighted by atomic mass is 10.2. The van der Waals surface area contributed by atoms with Crippen LogP contribution in [0.3, 0.4) is 0 Å². The van der Waals surface area contributed by atoms with Gasteiger partial charge in [0.1, 0.15) is 0 Å². The van der Waals surface area contributed by atoms with E-state index in [1.807, 2.05) is 53.3 Å². The van der Waals surface area contributed by atoms with E-state index < -0.39 is 0 Å². The van der Waals surface area contributed by atoms with Crippen LogP contribution in [0.25, 0.3) is 0 Å². The van der Waals surface area contributed by atoms with E-state index in [1.54, 1.807) is 0 Å². The van der Waals surface area contributed by atoms with Gasteiger partial charge in [0, 0.05) is 55.1 Å². The fourth-order valence-corrected chi connectivity index (χ4v) is 3.34. The van der Waals surface area contributed by atoms with E-state index in [9.17, 15) is 4.79 Å². The zero-order valence-corrected chi connectivity index (χ0v) is 14.7. The van der Waals surface area contributed by atoms with Crippen LogP contribution in [0.15, 0.2) is 36.7 Å². The topological polar surface area (TPSA) is 41.4 Å². The number of rotatable bonds is 3. The number of carbonyl (C=O) groups excluding carboxylic acids is 1. The van der Waals surface area contributed by atoms with E-state index in [1.165, 1.54) is 5.56 Å². The number of hydrogen-bond donors (Lipinski definition) is 0. The average Bonchev–Trinajstić information content (AvgIpc) is 2.93. The van der Waals surface area contributed by atoms with Crippen molar-refractivity contribution in [3.05, 3.63) is 51.4 Å². The molecule has 1 aliphatic heterocycles. The highest BCUT2D eigenvalue weighted by Gasteiger charge is 2.23. The summed E-state index contributed by atoms with van der Waals surface area (Å²) in [4.78, 5) is 16.9. The number of amides is 1. The van der Waals surface area contributed by atoms with Crippen molar-refractivity contribution < 1.29 is 4.79 Å². The predicted octanol–water partition coefficient (Wildman–Crippen LogP) is 1.98. The quantitative estimate of drug-likeness (QED) is 0.727. The molecule has 0 aliphatic carbocycles. The van der Waals surface area contributed by atoms with Crippen molar-refractivity contribution in [3.63, 3.8) is 0 Å². The van der Waals surface area contributed by atoms with Gasteiger partial charge in [-0.25, -0.2) is 0 Å². The van der Waals surface area contributed by atoms with Gasteiger partial charge < -0.3 is 4.90 Å². The lowest BCUT2D eigenvalue weighted by Gasteiger charge is -2.34. The van der Waals surface area contributed by atoms with E-state index in [-0.39, 0.29) is 5.91 Å². The summed E-state index contributed by atoms with van der Waals surface area (Å²) in [6.07, 6.45) is 3.95. The van der Waals surface area contributed by atoms with Gasteiger partial charge in [0.15, 0.2) is 0 Å². The molecule has 1 aliphatic rings. The molecule has 6 heteroatoms. The number of piperazine rings is 1. The summed E-state index contributed by atoms with van der Waals surface area (Å²) in [5, 5.41) is 4.20. The highest BCUT2D eigenvalue weighted by atomic mass is 127. The van der Waals surface area contributed by atoms with Crippen molar-refractivity contribution in [1.29, 1.82) is 0 Å². The Bertz CT molecular complexity index is 662. The first-order chi connectivity index (χ1) is 10.6. The summed E-state index contributed by atoms with van der Waals surface area (Å²) in [5.41, 5.74) is 2.03. The number of nitrogens with zero attached hydrogens (tertiary/aromatic N) is 4. The fraction of sp³-hybridized carbons (Fsp3) is 0.375. The standard InChI is InChI=1S/C16H19IN4O/c1-19-11-13(10-18-19)12-20-6-8-21(9-7-20)16(22)14-4-2-3-5-15(14)17/h2-5,10-11H,6-9,12H2,1H3. The van der Waals surface area contributed by atoms with Gasteiger partial charge in [-0.2, -0.15) is 5.10 Å². The minimum absolute atomic E-state index is 0.144. The van der Waals surface area contributed by atoms with Gasteiger partial charge in [0.25, 0.3) is 5.91 Å². The molecule has 1 amide bonds. The molecular formula is C16H19IN4O. The smallest absolute Gasteiger partial charge is 0.255 e. The van der Waals surface area contributed by atoms with E-state index in [0.29, 0.717) is 0 Å². The third-order valence-corrected chi connectivity index (χ3v) is 4.87. The van der Waals surface area contributed by atoms with Crippen LogP contribution >= 0.6 is 22.6 Å². The second-order valence-electron chi connectivity index (χ2n) is 5.57. The monoisotopic (exact) mass is 410 g/mol. The summed E-state index contributed by atoms with van der Waals surface area (Å²) in [5.74, 6) is 0.144. The maximum atomic E-state index is 12.6. The van der Waals surface area contributed by atoms with Crippen LogP contribution < -0.4 is 0 Å². The zero-order chi connectivity index (χ0) is 15.5. The Balaban J connectivity index is 1.57. The highest BCUT2D eigenvalue weighted by Crippen LogP contribution is 2.16. The van der Waals surface area contributed by atoms with Crippen molar-refractivity contribution in [1.82, 2.24) is 19.6 Å². The van der Waals surface area contributed by atoms with Crippen LogP contribution in [-0.2, 0) is 13.6 Å². The first kappa shape index (κ1) is 15.5. The van der Waals surface area contributed by atoms with Gasteiger partial charge in [-0.3, -0.25) is 14.4 Å². The molecule has 2 heterocycles. The second-order valence-corrected chi connectivity index (χ2v) is 6.73. The maximum absolute atomic E-state index is 12.6. The van der Waals surface area contributed by atoms with E-state index >= 15 is 0 Å². The highest BCUT2D eigenvalue weighted by molar-refractivity contribution is 14.1. The third kappa shape index (κ3) is 3.49. The van der Waals surface area contributed by atoms with Crippen LogP contribution in [0.1, 0.15) is 15.9 Å². The van der Waals surface area contributed by atoms with Gasteiger partial charge in [-0.1, -0.05) is 12.1 Å². The van der Waals surface area contributed by atoms with Crippen molar-refractivity contribution in [2.24, 2.45) is 7.05 Å². The van der Waals surface area contributed by atoms with Gasteiger partial charge in [-0.15, -0.1) is 0 Å². The molecule has 0 radical (unpaired) electrons. The molecule has 0 atom stereocenters. The first-order valence-corrected chi connectivity index (χ1v) is 8.45. The molecule has 0 bridgehead atoms. The predicted molar refractivity (Wildman–Crippen MR) is 93.5 cm³/mol. The molecule has 1 aromatic heterocycles. The summed E-state index contributed by atoms with van der Waals surface area (Å²) >= 11 is 2.23. The molecular weight excluding hydrogens is 391 g/mol. The second kappa shape index (κ2) is 6.78. The Morgan fingerprint density at radius 3 is 2.59 bits per heavy atom. The molecule has 5 nitrogen and oxygen atoms in total. The van der Waals surface area contributed by atoms with Crippen LogP contribution in [0.4, 0.5) is 0 Å². The molecule has 116 valence electrons. The Labute approximate surface area is 144 Å². The zero-order valence-electron chi connectivity index (χ0n) is 12.6.